The largest absolute Gasteiger partial charge is 0.436 e. The first-order chi connectivity index (χ1) is 16.4. The number of imide groups is 2. The van der Waals surface area contributed by atoms with Gasteiger partial charge in [0.25, 0.3) is 5.69 Å². The van der Waals surface area contributed by atoms with Crippen molar-refractivity contribution in [2.75, 3.05) is 4.90 Å². The fourth-order valence-electron chi connectivity index (χ4n) is 3.55. The Bertz CT molecular complexity index is 1540. The molecule has 166 valence electrons. The molecule has 0 atom stereocenters. The molecule has 4 aromatic rings. The Morgan fingerprint density at radius 1 is 0.824 bits per heavy atom. The zero-order valence-corrected chi connectivity index (χ0v) is 17.3. The number of nitro benzene ring substituents is 1. The second-order valence-corrected chi connectivity index (χ2v) is 7.28. The number of hydrogen-bond acceptors (Lipinski definition) is 7. The zero-order chi connectivity index (χ0) is 23.8. The Kier molecular flexibility index (Phi) is 4.94. The lowest BCUT2D eigenvalue weighted by molar-refractivity contribution is -0.384. The summed E-state index contributed by atoms with van der Waals surface area (Å²) in [5.74, 6) is -2.18. The van der Waals surface area contributed by atoms with Gasteiger partial charge in [-0.05, 0) is 42.0 Å². The van der Waals surface area contributed by atoms with E-state index in [-0.39, 0.29) is 16.9 Å². The number of rotatable bonds is 4. The van der Waals surface area contributed by atoms with Gasteiger partial charge in [-0.1, -0.05) is 36.4 Å². The smallest absolute Gasteiger partial charge is 0.360 e. The highest BCUT2D eigenvalue weighted by atomic mass is 16.6. The van der Waals surface area contributed by atoms with E-state index in [9.17, 15) is 24.5 Å². The van der Waals surface area contributed by atoms with Gasteiger partial charge >= 0.3 is 17.8 Å². The number of anilines is 1. The first-order valence-corrected chi connectivity index (χ1v) is 10.0. The monoisotopic (exact) mass is 454 g/mol. The quantitative estimate of drug-likeness (QED) is 0.200. The summed E-state index contributed by atoms with van der Waals surface area (Å²) in [7, 11) is 0. The molecule has 10 heteroatoms. The average Bonchev–Trinajstić information content (AvgIpc) is 3.07. The van der Waals surface area contributed by atoms with Gasteiger partial charge in [-0.2, -0.15) is 0 Å². The van der Waals surface area contributed by atoms with E-state index in [1.807, 2.05) is 0 Å². The van der Waals surface area contributed by atoms with Gasteiger partial charge < -0.3 is 4.42 Å². The van der Waals surface area contributed by atoms with Crippen molar-refractivity contribution in [1.29, 1.82) is 0 Å². The van der Waals surface area contributed by atoms with E-state index < -0.39 is 22.8 Å². The fourth-order valence-corrected chi connectivity index (χ4v) is 3.55. The normalized spacial score (nSPS) is 14.4. The molecule has 1 aliphatic rings. The Hall–Kier alpha value is -5.12. The number of fused-ring (bicyclic) bond motifs is 1. The van der Waals surface area contributed by atoms with Crippen LogP contribution < -0.4 is 10.5 Å². The molecule has 5 rings (SSSR count). The number of urea groups is 1. The number of non-ortho nitro benzene ring substituents is 1. The van der Waals surface area contributed by atoms with E-state index in [1.54, 1.807) is 48.5 Å². The van der Waals surface area contributed by atoms with Crippen LogP contribution in [0.15, 0.2) is 94.4 Å². The van der Waals surface area contributed by atoms with Crippen LogP contribution in [0.25, 0.3) is 22.1 Å². The van der Waals surface area contributed by atoms with Crippen molar-refractivity contribution < 1.29 is 23.7 Å². The van der Waals surface area contributed by atoms with Crippen LogP contribution in [0, 0.1) is 10.1 Å². The van der Waals surface area contributed by atoms with Crippen LogP contribution >= 0.6 is 0 Å². The van der Waals surface area contributed by atoms with Crippen LogP contribution in [0.1, 0.15) is 0 Å². The molecule has 0 spiro atoms. The molecule has 0 N–H and O–H groups in total. The summed E-state index contributed by atoms with van der Waals surface area (Å²) in [5, 5.41) is 16.3. The van der Waals surface area contributed by atoms with E-state index in [2.05, 4.69) is 5.10 Å². The highest BCUT2D eigenvalue weighted by Crippen LogP contribution is 2.25. The molecular weight excluding hydrogens is 440 g/mol. The van der Waals surface area contributed by atoms with Crippen LogP contribution in [-0.4, -0.2) is 27.8 Å². The molecule has 1 aromatic heterocycles. The first kappa shape index (κ1) is 20.8. The number of hydrogen-bond donors (Lipinski definition) is 0. The lowest BCUT2D eigenvalue weighted by atomic mass is 10.1. The maximum Gasteiger partial charge on any atom is 0.360 e. The third-order valence-corrected chi connectivity index (χ3v) is 5.20. The van der Waals surface area contributed by atoms with Crippen molar-refractivity contribution in [1.82, 2.24) is 5.01 Å². The van der Waals surface area contributed by atoms with E-state index in [0.29, 0.717) is 27.1 Å². The predicted molar refractivity (Wildman–Crippen MR) is 120 cm³/mol. The van der Waals surface area contributed by atoms with Crippen molar-refractivity contribution in [3.8, 4) is 11.1 Å². The summed E-state index contributed by atoms with van der Waals surface area (Å²) < 4.78 is 5.88. The van der Waals surface area contributed by atoms with E-state index >= 15 is 0 Å². The second kappa shape index (κ2) is 8.10. The van der Waals surface area contributed by atoms with Gasteiger partial charge in [0.1, 0.15) is 5.58 Å². The molecule has 3 aromatic carbocycles. The number of benzene rings is 3. The van der Waals surface area contributed by atoms with Gasteiger partial charge in [0.15, 0.2) is 0 Å². The number of nitro groups is 1. The summed E-state index contributed by atoms with van der Waals surface area (Å²) in [6.07, 6.45) is 0. The Morgan fingerprint density at radius 2 is 1.50 bits per heavy atom. The number of nitrogens with zero attached hydrogens (tertiary/aromatic N) is 4. The van der Waals surface area contributed by atoms with Crippen LogP contribution in [0.4, 0.5) is 16.2 Å². The van der Waals surface area contributed by atoms with E-state index in [4.69, 9.17) is 4.42 Å². The molecule has 0 bridgehead atoms. The van der Waals surface area contributed by atoms with Crippen molar-refractivity contribution >= 4 is 40.2 Å². The minimum atomic E-state index is -1.13. The molecule has 0 aliphatic carbocycles. The van der Waals surface area contributed by atoms with Crippen LogP contribution in [-0.2, 0) is 9.59 Å². The van der Waals surface area contributed by atoms with Gasteiger partial charge in [-0.15, -0.1) is 10.1 Å². The highest BCUT2D eigenvalue weighted by Gasteiger charge is 2.46. The van der Waals surface area contributed by atoms with E-state index in [0.717, 1.165) is 4.90 Å². The van der Waals surface area contributed by atoms with Gasteiger partial charge in [0, 0.05) is 23.1 Å². The van der Waals surface area contributed by atoms with Crippen LogP contribution in [0.2, 0.25) is 0 Å². The zero-order valence-electron chi connectivity index (χ0n) is 17.3. The average molecular weight is 454 g/mol. The lowest BCUT2D eigenvalue weighted by Gasteiger charge is -2.12. The van der Waals surface area contributed by atoms with Crippen molar-refractivity contribution in [2.45, 2.75) is 0 Å². The predicted octanol–water partition coefficient (Wildman–Crippen LogP) is 3.82. The number of carbonyl (C=O) groups excluding carboxylic acids is 3. The van der Waals surface area contributed by atoms with Crippen molar-refractivity contribution in [2.24, 2.45) is 5.10 Å². The molecule has 2 heterocycles. The molecule has 0 radical (unpaired) electrons. The number of amides is 4. The topological polar surface area (TPSA) is 126 Å². The number of para-hydroxylation sites is 2. The Balaban J connectivity index is 1.67. The molecule has 1 aliphatic heterocycles. The molecule has 1 fully saturated rings. The lowest BCUT2D eigenvalue weighted by Crippen LogP contribution is -2.32. The Labute approximate surface area is 191 Å². The van der Waals surface area contributed by atoms with Gasteiger partial charge in [-0.3, -0.25) is 19.7 Å². The summed E-state index contributed by atoms with van der Waals surface area (Å²) in [6, 6.07) is 21.5. The number of carbonyl (C=O) groups is 3. The molecule has 10 nitrogen and oxygen atoms in total. The maximum absolute atomic E-state index is 13.0. The minimum Gasteiger partial charge on any atom is -0.436 e. The summed E-state index contributed by atoms with van der Waals surface area (Å²) in [4.78, 5) is 49.4. The fraction of sp³-hybridized carbons (Fsp3) is 0. The van der Waals surface area contributed by atoms with Gasteiger partial charge in [0.2, 0.25) is 5.55 Å². The summed E-state index contributed by atoms with van der Waals surface area (Å²) >= 11 is 0. The van der Waals surface area contributed by atoms with E-state index in [1.165, 1.54) is 36.4 Å². The highest BCUT2D eigenvalue weighted by molar-refractivity contribution is 6.52. The minimum absolute atomic E-state index is 0.103. The van der Waals surface area contributed by atoms with Crippen molar-refractivity contribution in [3.63, 3.8) is 0 Å². The Morgan fingerprint density at radius 3 is 2.21 bits per heavy atom. The molecule has 4 amide bonds. The maximum atomic E-state index is 13.0. The molecule has 0 saturated carbocycles. The van der Waals surface area contributed by atoms with Crippen molar-refractivity contribution in [3.05, 3.63) is 101 Å². The third-order valence-electron chi connectivity index (χ3n) is 5.20. The standard InChI is InChI=1S/C24H14N4O6/c29-22-23(30)27(24(31)26(22)17-7-2-1-3-8-17)25-21-19(14-16-6-4-5-9-20(16)34-21)15-10-12-18(13-11-15)28(32)33/h1-14H/b25-21+. The third kappa shape index (κ3) is 3.48. The molecule has 34 heavy (non-hydrogen) atoms. The molecule has 0 unspecified atom stereocenters. The van der Waals surface area contributed by atoms with Crippen LogP contribution in [0.3, 0.4) is 0 Å². The summed E-state index contributed by atoms with van der Waals surface area (Å²) in [6.45, 7) is 0. The molecular formula is C24H14N4O6. The summed E-state index contributed by atoms with van der Waals surface area (Å²) in [5.41, 5.74) is 1.32. The van der Waals surface area contributed by atoms with Gasteiger partial charge in [0.05, 0.1) is 10.6 Å². The second-order valence-electron chi connectivity index (χ2n) is 7.28. The first-order valence-electron chi connectivity index (χ1n) is 10.0. The SMILES string of the molecule is O=C1C(=O)N(c2ccccc2)C(=O)N1/N=c1/oc2ccccc2cc1-c1ccc([N+](=O)[O-])cc1. The van der Waals surface area contributed by atoms with Gasteiger partial charge in [-0.25, -0.2) is 9.69 Å². The van der Waals surface area contributed by atoms with Crippen LogP contribution in [0.5, 0.6) is 0 Å². The molecule has 1 saturated heterocycles.